The van der Waals surface area contributed by atoms with Crippen LogP contribution in [0.2, 0.25) is 5.02 Å². The van der Waals surface area contributed by atoms with Crippen molar-refractivity contribution in [3.63, 3.8) is 0 Å². The largest absolute Gasteiger partial charge is 0.390 e. The first-order valence-corrected chi connectivity index (χ1v) is 6.26. The van der Waals surface area contributed by atoms with Gasteiger partial charge < -0.3 is 9.88 Å². The molecule has 7 heteroatoms. The van der Waals surface area contributed by atoms with Gasteiger partial charge in [0.1, 0.15) is 5.69 Å². The van der Waals surface area contributed by atoms with Crippen molar-refractivity contribution < 1.29 is 18.0 Å². The maximum absolute atomic E-state index is 12.0. The lowest BCUT2D eigenvalue weighted by molar-refractivity contribution is -0.132. The van der Waals surface area contributed by atoms with Crippen molar-refractivity contribution in [3.05, 3.63) is 35.0 Å². The molecular weight excluding hydrogens is 293 g/mol. The molecule has 0 aliphatic carbocycles. The maximum atomic E-state index is 12.0. The molecule has 0 aliphatic rings. The smallest absolute Gasteiger partial charge is 0.350 e. The summed E-state index contributed by atoms with van der Waals surface area (Å²) in [5.74, 6) is -0.552. The van der Waals surface area contributed by atoms with Crippen LogP contribution in [-0.4, -0.2) is 23.2 Å². The Labute approximate surface area is 118 Å². The summed E-state index contributed by atoms with van der Waals surface area (Å²) in [6, 6.07) is 6.82. The fraction of sp³-hybridized carbons (Fsp3) is 0.308. The molecule has 0 saturated carbocycles. The molecule has 1 aromatic carbocycles. The molecule has 1 heterocycles. The highest BCUT2D eigenvalue weighted by atomic mass is 35.5. The van der Waals surface area contributed by atoms with E-state index in [4.69, 9.17) is 11.6 Å². The standard InChI is InChI=1S/C13H12ClF3N2O/c1-19-10(12(20)18-6-5-13(15,16)17)7-8-3-2-4-9(14)11(8)19/h2-4,7H,5-6H2,1H3,(H,18,20). The van der Waals surface area contributed by atoms with E-state index in [-0.39, 0.29) is 5.69 Å². The third kappa shape index (κ3) is 3.07. The number of fused-ring (bicyclic) bond motifs is 1. The molecular formula is C13H12ClF3N2O. The van der Waals surface area contributed by atoms with Gasteiger partial charge in [-0.1, -0.05) is 23.7 Å². The Hall–Kier alpha value is -1.69. The average molecular weight is 305 g/mol. The Morgan fingerprint density at radius 3 is 2.70 bits per heavy atom. The maximum Gasteiger partial charge on any atom is 0.390 e. The number of carbonyl (C=O) groups excluding carboxylic acids is 1. The number of amides is 1. The van der Waals surface area contributed by atoms with Crippen molar-refractivity contribution in [2.24, 2.45) is 7.05 Å². The molecule has 2 aromatic rings. The third-order valence-corrected chi connectivity index (χ3v) is 3.24. The molecule has 0 unspecified atom stereocenters. The number of aryl methyl sites for hydroxylation is 1. The predicted octanol–water partition coefficient (Wildman–Crippen LogP) is 3.51. The quantitative estimate of drug-likeness (QED) is 0.925. The molecule has 0 saturated heterocycles. The molecule has 1 aromatic heterocycles. The number of para-hydroxylation sites is 1. The van der Waals surface area contributed by atoms with Gasteiger partial charge in [0.05, 0.1) is 17.0 Å². The highest BCUT2D eigenvalue weighted by Gasteiger charge is 2.27. The normalized spacial score (nSPS) is 11.8. The first kappa shape index (κ1) is 14.7. The molecule has 0 radical (unpaired) electrons. The van der Waals surface area contributed by atoms with Crippen molar-refractivity contribution in [2.75, 3.05) is 6.54 Å². The summed E-state index contributed by atoms with van der Waals surface area (Å²) < 4.78 is 37.7. The molecule has 0 fully saturated rings. The summed E-state index contributed by atoms with van der Waals surface area (Å²) >= 11 is 6.04. The number of hydrogen-bond donors (Lipinski definition) is 1. The van der Waals surface area contributed by atoms with Gasteiger partial charge in [0.15, 0.2) is 0 Å². The van der Waals surface area contributed by atoms with Crippen LogP contribution in [0.25, 0.3) is 10.9 Å². The minimum Gasteiger partial charge on any atom is -0.350 e. The van der Waals surface area contributed by atoms with Gasteiger partial charge in [0.2, 0.25) is 0 Å². The minimum atomic E-state index is -4.28. The third-order valence-electron chi connectivity index (χ3n) is 2.93. The first-order valence-electron chi connectivity index (χ1n) is 5.88. The summed E-state index contributed by atoms with van der Waals surface area (Å²) in [6.45, 7) is -0.447. The SMILES string of the molecule is Cn1c(C(=O)NCCC(F)(F)F)cc2cccc(Cl)c21. The molecule has 3 nitrogen and oxygen atoms in total. The molecule has 108 valence electrons. The van der Waals surface area contributed by atoms with E-state index in [1.54, 1.807) is 35.9 Å². The lowest BCUT2D eigenvalue weighted by Gasteiger charge is -2.08. The summed E-state index contributed by atoms with van der Waals surface area (Å²) in [5.41, 5.74) is 0.949. The zero-order chi connectivity index (χ0) is 14.9. The number of nitrogens with zero attached hydrogens (tertiary/aromatic N) is 1. The van der Waals surface area contributed by atoms with E-state index in [1.165, 1.54) is 0 Å². The topological polar surface area (TPSA) is 34.0 Å². The second-order valence-corrected chi connectivity index (χ2v) is 4.79. The molecule has 0 aliphatic heterocycles. The van der Waals surface area contributed by atoms with Crippen molar-refractivity contribution >= 4 is 28.4 Å². The summed E-state index contributed by atoms with van der Waals surface area (Å²) in [7, 11) is 1.65. The number of benzene rings is 1. The van der Waals surface area contributed by atoms with E-state index < -0.39 is 25.0 Å². The van der Waals surface area contributed by atoms with Crippen LogP contribution in [0.15, 0.2) is 24.3 Å². The van der Waals surface area contributed by atoms with Crippen LogP contribution >= 0.6 is 11.6 Å². The summed E-state index contributed by atoms with van der Waals surface area (Å²) in [4.78, 5) is 11.9. The van der Waals surface area contributed by atoms with Crippen LogP contribution in [0.1, 0.15) is 16.9 Å². The molecule has 0 atom stereocenters. The zero-order valence-electron chi connectivity index (χ0n) is 10.6. The average Bonchev–Trinajstić information content (AvgIpc) is 2.66. The van der Waals surface area contributed by atoms with Gasteiger partial charge in [0, 0.05) is 19.0 Å². The van der Waals surface area contributed by atoms with E-state index >= 15 is 0 Å². The number of aromatic nitrogens is 1. The van der Waals surface area contributed by atoms with Crippen molar-refractivity contribution in [1.82, 2.24) is 9.88 Å². The van der Waals surface area contributed by atoms with Crippen LogP contribution in [0, 0.1) is 0 Å². The van der Waals surface area contributed by atoms with E-state index in [9.17, 15) is 18.0 Å². The van der Waals surface area contributed by atoms with Gasteiger partial charge in [-0.2, -0.15) is 13.2 Å². The fourth-order valence-electron chi connectivity index (χ4n) is 1.99. The fourth-order valence-corrected chi connectivity index (χ4v) is 2.30. The number of alkyl halides is 3. The second kappa shape index (κ2) is 5.36. The van der Waals surface area contributed by atoms with E-state index in [2.05, 4.69) is 5.32 Å². The number of rotatable bonds is 3. The van der Waals surface area contributed by atoms with E-state index in [0.717, 1.165) is 5.39 Å². The molecule has 20 heavy (non-hydrogen) atoms. The second-order valence-electron chi connectivity index (χ2n) is 4.39. The van der Waals surface area contributed by atoms with E-state index in [0.29, 0.717) is 10.5 Å². The minimum absolute atomic E-state index is 0.273. The van der Waals surface area contributed by atoms with Crippen LogP contribution in [0.4, 0.5) is 13.2 Å². The summed E-state index contributed by atoms with van der Waals surface area (Å²) in [6.07, 6.45) is -5.33. The number of halogens is 4. The van der Waals surface area contributed by atoms with Gasteiger partial charge in [-0.25, -0.2) is 0 Å². The predicted molar refractivity (Wildman–Crippen MR) is 70.9 cm³/mol. The van der Waals surface area contributed by atoms with Gasteiger partial charge in [-0.15, -0.1) is 0 Å². The van der Waals surface area contributed by atoms with Crippen molar-refractivity contribution in [3.8, 4) is 0 Å². The molecule has 2 rings (SSSR count). The Balaban J connectivity index is 2.19. The van der Waals surface area contributed by atoms with Gasteiger partial charge >= 0.3 is 6.18 Å². The van der Waals surface area contributed by atoms with E-state index in [1.807, 2.05) is 0 Å². The Morgan fingerprint density at radius 1 is 1.40 bits per heavy atom. The van der Waals surface area contributed by atoms with Crippen LogP contribution in [-0.2, 0) is 7.05 Å². The molecule has 1 N–H and O–H groups in total. The van der Waals surface area contributed by atoms with Crippen LogP contribution in [0.3, 0.4) is 0 Å². The Morgan fingerprint density at radius 2 is 2.10 bits per heavy atom. The highest BCUT2D eigenvalue weighted by Crippen LogP contribution is 2.26. The molecule has 0 spiro atoms. The monoisotopic (exact) mass is 304 g/mol. The molecule has 1 amide bonds. The van der Waals surface area contributed by atoms with Crippen molar-refractivity contribution in [2.45, 2.75) is 12.6 Å². The van der Waals surface area contributed by atoms with Crippen LogP contribution < -0.4 is 5.32 Å². The van der Waals surface area contributed by atoms with Gasteiger partial charge in [-0.05, 0) is 12.1 Å². The summed E-state index contributed by atoms with van der Waals surface area (Å²) in [5, 5.41) is 3.50. The number of nitrogens with one attached hydrogen (secondary N) is 1. The number of hydrogen-bond acceptors (Lipinski definition) is 1. The first-order chi connectivity index (χ1) is 9.29. The Bertz CT molecular complexity index is 649. The van der Waals surface area contributed by atoms with Gasteiger partial charge in [0.25, 0.3) is 5.91 Å². The number of carbonyl (C=O) groups is 1. The van der Waals surface area contributed by atoms with Crippen LogP contribution in [0.5, 0.6) is 0 Å². The lowest BCUT2D eigenvalue weighted by Crippen LogP contribution is -2.29. The molecule has 0 bridgehead atoms. The zero-order valence-corrected chi connectivity index (χ0v) is 11.3. The lowest BCUT2D eigenvalue weighted by atomic mass is 10.2. The Kier molecular flexibility index (Phi) is 3.94. The van der Waals surface area contributed by atoms with Gasteiger partial charge in [-0.3, -0.25) is 4.79 Å². The van der Waals surface area contributed by atoms with Crippen molar-refractivity contribution in [1.29, 1.82) is 0 Å². The highest BCUT2D eigenvalue weighted by molar-refractivity contribution is 6.35.